The summed E-state index contributed by atoms with van der Waals surface area (Å²) in [5.41, 5.74) is 1.66. The molecule has 1 saturated carbocycles. The van der Waals surface area contributed by atoms with Crippen LogP contribution in [-0.4, -0.2) is 11.7 Å². The van der Waals surface area contributed by atoms with Crippen molar-refractivity contribution in [2.24, 2.45) is 5.92 Å². The molecule has 1 fully saturated rings. The first-order valence-corrected chi connectivity index (χ1v) is 5.33. The lowest BCUT2D eigenvalue weighted by atomic mass is 9.89. The Morgan fingerprint density at radius 2 is 1.81 bits per heavy atom. The van der Waals surface area contributed by atoms with Crippen molar-refractivity contribution in [2.75, 3.05) is 6.61 Å². The standard InChI is InChI=1S/C13H14F2O/c1-8-2-10(7-16)13(3-8)9-4-11(14)6-12(15)5-9/h4-6,10,13,16H,1-3,7H2/t10-,13-/m1/s1. The molecule has 0 radical (unpaired) electrons. The quantitative estimate of drug-likeness (QED) is 0.765. The third kappa shape index (κ3) is 2.14. The summed E-state index contributed by atoms with van der Waals surface area (Å²) in [5.74, 6) is -1.11. The molecule has 0 spiro atoms. The average molecular weight is 224 g/mol. The largest absolute Gasteiger partial charge is 0.396 e. The van der Waals surface area contributed by atoms with Crippen molar-refractivity contribution in [3.8, 4) is 0 Å². The number of hydrogen-bond acceptors (Lipinski definition) is 1. The van der Waals surface area contributed by atoms with Gasteiger partial charge in [-0.3, -0.25) is 0 Å². The minimum Gasteiger partial charge on any atom is -0.396 e. The average Bonchev–Trinajstić information content (AvgIpc) is 2.58. The normalized spacial score (nSPS) is 25.1. The lowest BCUT2D eigenvalue weighted by Crippen LogP contribution is -2.10. The summed E-state index contributed by atoms with van der Waals surface area (Å²) in [4.78, 5) is 0. The highest BCUT2D eigenvalue weighted by molar-refractivity contribution is 5.27. The molecular weight excluding hydrogens is 210 g/mol. The maximum atomic E-state index is 13.1. The number of aliphatic hydroxyl groups excluding tert-OH is 1. The minimum atomic E-state index is -0.566. The van der Waals surface area contributed by atoms with E-state index in [9.17, 15) is 13.9 Å². The van der Waals surface area contributed by atoms with Gasteiger partial charge in [0.25, 0.3) is 0 Å². The molecule has 1 nitrogen and oxygen atoms in total. The van der Waals surface area contributed by atoms with Gasteiger partial charge in [0.15, 0.2) is 0 Å². The van der Waals surface area contributed by atoms with E-state index < -0.39 is 11.6 Å². The first-order valence-electron chi connectivity index (χ1n) is 5.33. The molecule has 0 saturated heterocycles. The van der Waals surface area contributed by atoms with Crippen molar-refractivity contribution in [3.63, 3.8) is 0 Å². The predicted octanol–water partition coefficient (Wildman–Crippen LogP) is 3.01. The van der Waals surface area contributed by atoms with E-state index in [2.05, 4.69) is 6.58 Å². The molecule has 1 aliphatic carbocycles. The third-order valence-corrected chi connectivity index (χ3v) is 3.18. The molecule has 16 heavy (non-hydrogen) atoms. The maximum absolute atomic E-state index is 13.1. The van der Waals surface area contributed by atoms with Crippen LogP contribution in [-0.2, 0) is 0 Å². The molecule has 0 aliphatic heterocycles. The lowest BCUT2D eigenvalue weighted by Gasteiger charge is -2.17. The monoisotopic (exact) mass is 224 g/mol. The summed E-state index contributed by atoms with van der Waals surface area (Å²) >= 11 is 0. The van der Waals surface area contributed by atoms with Gasteiger partial charge in [-0.25, -0.2) is 8.78 Å². The molecule has 0 aromatic heterocycles. The zero-order chi connectivity index (χ0) is 11.7. The molecule has 86 valence electrons. The Labute approximate surface area is 93.4 Å². The first-order chi connectivity index (χ1) is 7.60. The molecule has 3 heteroatoms. The van der Waals surface area contributed by atoms with E-state index >= 15 is 0 Å². The van der Waals surface area contributed by atoms with Gasteiger partial charge in [0.05, 0.1) is 0 Å². The van der Waals surface area contributed by atoms with Crippen LogP contribution in [0.1, 0.15) is 24.3 Å². The Balaban J connectivity index is 2.32. The third-order valence-electron chi connectivity index (χ3n) is 3.18. The second-order valence-corrected chi connectivity index (χ2v) is 4.41. The zero-order valence-corrected chi connectivity index (χ0v) is 8.92. The second kappa shape index (κ2) is 4.34. The molecule has 1 aromatic rings. The van der Waals surface area contributed by atoms with Crippen LogP contribution >= 0.6 is 0 Å². The van der Waals surface area contributed by atoms with Crippen LogP contribution in [0.25, 0.3) is 0 Å². The molecule has 0 heterocycles. The molecule has 0 bridgehead atoms. The summed E-state index contributed by atoms with van der Waals surface area (Å²) in [5, 5.41) is 9.23. The summed E-state index contributed by atoms with van der Waals surface area (Å²) in [6, 6.07) is 3.55. The van der Waals surface area contributed by atoms with Crippen LogP contribution in [0, 0.1) is 17.6 Å². The van der Waals surface area contributed by atoms with Crippen LogP contribution in [0.5, 0.6) is 0 Å². The van der Waals surface area contributed by atoms with Gasteiger partial charge in [0, 0.05) is 12.7 Å². The SMILES string of the molecule is C=C1C[C@H](CO)[C@@H](c2cc(F)cc(F)c2)C1. The Morgan fingerprint density at radius 3 is 2.38 bits per heavy atom. The number of hydrogen-bond donors (Lipinski definition) is 1. The van der Waals surface area contributed by atoms with Gasteiger partial charge in [0.1, 0.15) is 11.6 Å². The van der Waals surface area contributed by atoms with Crippen molar-refractivity contribution in [1.29, 1.82) is 0 Å². The smallest absolute Gasteiger partial charge is 0.126 e. The number of aliphatic hydroxyl groups is 1. The summed E-state index contributed by atoms with van der Waals surface area (Å²) < 4.78 is 26.2. The van der Waals surface area contributed by atoms with Gasteiger partial charge in [0.2, 0.25) is 0 Å². The van der Waals surface area contributed by atoms with Gasteiger partial charge in [-0.1, -0.05) is 12.2 Å². The lowest BCUT2D eigenvalue weighted by molar-refractivity contribution is 0.218. The molecule has 2 atom stereocenters. The summed E-state index contributed by atoms with van der Waals surface area (Å²) in [6.45, 7) is 3.90. The molecular formula is C13H14F2O. The van der Waals surface area contributed by atoms with Crippen molar-refractivity contribution >= 4 is 0 Å². The minimum absolute atomic E-state index is 0.0114. The number of rotatable bonds is 2. The highest BCUT2D eigenvalue weighted by Gasteiger charge is 2.30. The predicted molar refractivity (Wildman–Crippen MR) is 58.0 cm³/mol. The fourth-order valence-electron chi connectivity index (χ4n) is 2.45. The Hall–Kier alpha value is -1.22. The fourth-order valence-corrected chi connectivity index (χ4v) is 2.45. The molecule has 1 N–H and O–H groups in total. The van der Waals surface area contributed by atoms with Crippen LogP contribution in [0.2, 0.25) is 0 Å². The Kier molecular flexibility index (Phi) is 3.06. The van der Waals surface area contributed by atoms with Gasteiger partial charge in [-0.15, -0.1) is 0 Å². The molecule has 0 amide bonds. The highest BCUT2D eigenvalue weighted by atomic mass is 19.1. The first kappa shape index (κ1) is 11.3. The topological polar surface area (TPSA) is 20.2 Å². The number of benzene rings is 1. The van der Waals surface area contributed by atoms with Gasteiger partial charge >= 0.3 is 0 Å². The van der Waals surface area contributed by atoms with Gasteiger partial charge in [-0.2, -0.15) is 0 Å². The maximum Gasteiger partial charge on any atom is 0.126 e. The van der Waals surface area contributed by atoms with E-state index in [0.717, 1.165) is 18.1 Å². The van der Waals surface area contributed by atoms with Crippen LogP contribution in [0.4, 0.5) is 8.78 Å². The van der Waals surface area contributed by atoms with E-state index in [4.69, 9.17) is 0 Å². The molecule has 2 rings (SSSR count). The van der Waals surface area contributed by atoms with E-state index in [1.807, 2.05) is 0 Å². The summed E-state index contributed by atoms with van der Waals surface area (Å²) in [7, 11) is 0. The van der Waals surface area contributed by atoms with E-state index in [0.29, 0.717) is 12.0 Å². The second-order valence-electron chi connectivity index (χ2n) is 4.41. The van der Waals surface area contributed by atoms with E-state index in [1.165, 1.54) is 12.1 Å². The van der Waals surface area contributed by atoms with Gasteiger partial charge < -0.3 is 5.11 Å². The molecule has 0 unspecified atom stereocenters. The number of halogens is 2. The van der Waals surface area contributed by atoms with Crippen LogP contribution in [0.15, 0.2) is 30.4 Å². The fraction of sp³-hybridized carbons (Fsp3) is 0.385. The van der Waals surface area contributed by atoms with E-state index in [1.54, 1.807) is 0 Å². The van der Waals surface area contributed by atoms with Crippen LogP contribution in [0.3, 0.4) is 0 Å². The van der Waals surface area contributed by atoms with E-state index in [-0.39, 0.29) is 18.4 Å². The zero-order valence-electron chi connectivity index (χ0n) is 8.92. The van der Waals surface area contributed by atoms with Gasteiger partial charge in [-0.05, 0) is 42.4 Å². The Bertz CT molecular complexity index is 394. The van der Waals surface area contributed by atoms with Crippen molar-refractivity contribution in [1.82, 2.24) is 0 Å². The summed E-state index contributed by atoms with van der Waals surface area (Å²) in [6.07, 6.45) is 1.44. The van der Waals surface area contributed by atoms with Crippen LogP contribution < -0.4 is 0 Å². The molecule has 1 aliphatic rings. The number of allylic oxidation sites excluding steroid dienone is 1. The van der Waals surface area contributed by atoms with Crippen molar-refractivity contribution in [3.05, 3.63) is 47.5 Å². The molecule has 1 aromatic carbocycles. The highest BCUT2D eigenvalue weighted by Crippen LogP contribution is 2.42. The Morgan fingerprint density at radius 1 is 1.19 bits per heavy atom. The van der Waals surface area contributed by atoms with Crippen molar-refractivity contribution < 1.29 is 13.9 Å². The van der Waals surface area contributed by atoms with Crippen molar-refractivity contribution in [2.45, 2.75) is 18.8 Å².